The molecular weight excluding hydrogens is 302 g/mol. The van der Waals surface area contributed by atoms with Gasteiger partial charge < -0.3 is 10.1 Å². The van der Waals surface area contributed by atoms with Crippen LogP contribution in [0.4, 0.5) is 5.69 Å². The van der Waals surface area contributed by atoms with Gasteiger partial charge in [0.1, 0.15) is 5.75 Å². The lowest BCUT2D eigenvalue weighted by Gasteiger charge is -2.17. The fourth-order valence-electron chi connectivity index (χ4n) is 1.96. The number of hydrogen-bond donors (Lipinski definition) is 1. The number of nitrogens with one attached hydrogen (secondary N) is 1. The van der Waals surface area contributed by atoms with Crippen LogP contribution in [0.15, 0.2) is 46.9 Å². The number of ether oxygens (including phenoxy) is 1. The Labute approximate surface area is 122 Å². The minimum absolute atomic E-state index is 0.240. The number of halogens is 1. The van der Waals surface area contributed by atoms with Gasteiger partial charge in [-0.1, -0.05) is 18.2 Å². The van der Waals surface area contributed by atoms with E-state index in [1.54, 1.807) is 7.11 Å². The van der Waals surface area contributed by atoms with E-state index >= 15 is 0 Å². The molecule has 0 bridgehead atoms. The number of anilines is 1. The molecule has 0 aliphatic rings. The van der Waals surface area contributed by atoms with E-state index in [0.29, 0.717) is 0 Å². The third kappa shape index (κ3) is 3.51. The van der Waals surface area contributed by atoms with Crippen LogP contribution in [0.2, 0.25) is 0 Å². The minimum atomic E-state index is 0.240. The molecule has 2 aromatic rings. The Bertz CT molecular complexity index is 551. The Balaban J connectivity index is 2.15. The smallest absolute Gasteiger partial charge is 0.118 e. The SMILES string of the molecule is COc1ccc(C(C)Nc2cc(C)ccc2Br)cc1. The summed E-state index contributed by atoms with van der Waals surface area (Å²) in [6.45, 7) is 4.24. The Hall–Kier alpha value is -1.48. The van der Waals surface area contributed by atoms with Gasteiger partial charge in [0.15, 0.2) is 0 Å². The van der Waals surface area contributed by atoms with E-state index in [0.717, 1.165) is 15.9 Å². The minimum Gasteiger partial charge on any atom is -0.497 e. The number of aryl methyl sites for hydroxylation is 1. The summed E-state index contributed by atoms with van der Waals surface area (Å²) >= 11 is 3.57. The molecule has 0 aliphatic heterocycles. The number of benzene rings is 2. The molecule has 1 atom stereocenters. The molecule has 0 heterocycles. The van der Waals surface area contributed by atoms with Crippen molar-refractivity contribution in [1.29, 1.82) is 0 Å². The van der Waals surface area contributed by atoms with Crippen molar-refractivity contribution in [2.75, 3.05) is 12.4 Å². The van der Waals surface area contributed by atoms with Crippen LogP contribution in [0.25, 0.3) is 0 Å². The van der Waals surface area contributed by atoms with E-state index in [2.05, 4.69) is 65.4 Å². The monoisotopic (exact) mass is 319 g/mol. The Kier molecular flexibility index (Phi) is 4.48. The highest BCUT2D eigenvalue weighted by Crippen LogP contribution is 2.28. The van der Waals surface area contributed by atoms with Crippen molar-refractivity contribution in [3.05, 3.63) is 58.1 Å². The molecule has 0 aromatic heterocycles. The van der Waals surface area contributed by atoms with Crippen molar-refractivity contribution in [1.82, 2.24) is 0 Å². The molecular formula is C16H18BrNO. The summed E-state index contributed by atoms with van der Waals surface area (Å²) in [5.74, 6) is 0.882. The first-order valence-electron chi connectivity index (χ1n) is 6.27. The Morgan fingerprint density at radius 3 is 2.42 bits per heavy atom. The summed E-state index contributed by atoms with van der Waals surface area (Å²) in [5.41, 5.74) is 3.59. The standard InChI is InChI=1S/C16H18BrNO/c1-11-4-9-15(17)16(10-11)18-12(2)13-5-7-14(19-3)8-6-13/h4-10,12,18H,1-3H3. The van der Waals surface area contributed by atoms with E-state index in [-0.39, 0.29) is 6.04 Å². The summed E-state index contributed by atoms with van der Waals surface area (Å²) in [6, 6.07) is 14.7. The fraction of sp³-hybridized carbons (Fsp3) is 0.250. The number of hydrogen-bond acceptors (Lipinski definition) is 2. The van der Waals surface area contributed by atoms with Crippen LogP contribution in [0.1, 0.15) is 24.1 Å². The van der Waals surface area contributed by atoms with Crippen molar-refractivity contribution in [2.24, 2.45) is 0 Å². The average Bonchev–Trinajstić information content (AvgIpc) is 2.43. The number of rotatable bonds is 4. The molecule has 1 N–H and O–H groups in total. The first-order chi connectivity index (χ1) is 9.10. The highest BCUT2D eigenvalue weighted by atomic mass is 79.9. The maximum Gasteiger partial charge on any atom is 0.118 e. The second kappa shape index (κ2) is 6.11. The lowest BCUT2D eigenvalue weighted by atomic mass is 10.1. The predicted octanol–water partition coefficient (Wildman–Crippen LogP) is 4.94. The van der Waals surface area contributed by atoms with E-state index in [1.807, 2.05) is 12.1 Å². The van der Waals surface area contributed by atoms with Crippen molar-refractivity contribution in [3.63, 3.8) is 0 Å². The van der Waals surface area contributed by atoms with Crippen LogP contribution in [0.3, 0.4) is 0 Å². The van der Waals surface area contributed by atoms with Gasteiger partial charge in [0.25, 0.3) is 0 Å². The summed E-state index contributed by atoms with van der Waals surface area (Å²) in [5, 5.41) is 3.52. The highest BCUT2D eigenvalue weighted by Gasteiger charge is 2.07. The Morgan fingerprint density at radius 1 is 1.11 bits per heavy atom. The lowest BCUT2D eigenvalue weighted by Crippen LogP contribution is -2.07. The van der Waals surface area contributed by atoms with E-state index in [1.165, 1.54) is 11.1 Å². The number of methoxy groups -OCH3 is 1. The zero-order valence-electron chi connectivity index (χ0n) is 11.4. The highest BCUT2D eigenvalue weighted by molar-refractivity contribution is 9.10. The molecule has 1 unspecified atom stereocenters. The second-order valence-electron chi connectivity index (χ2n) is 4.62. The topological polar surface area (TPSA) is 21.3 Å². The molecule has 0 spiro atoms. The van der Waals surface area contributed by atoms with Crippen LogP contribution >= 0.6 is 15.9 Å². The van der Waals surface area contributed by atoms with E-state index < -0.39 is 0 Å². The quantitative estimate of drug-likeness (QED) is 0.861. The molecule has 0 aliphatic carbocycles. The van der Waals surface area contributed by atoms with Crippen LogP contribution in [0.5, 0.6) is 5.75 Å². The van der Waals surface area contributed by atoms with Crippen molar-refractivity contribution < 1.29 is 4.74 Å². The molecule has 0 fully saturated rings. The summed E-state index contributed by atoms with van der Waals surface area (Å²) in [6.07, 6.45) is 0. The first-order valence-corrected chi connectivity index (χ1v) is 7.06. The van der Waals surface area contributed by atoms with Gasteiger partial charge in [0, 0.05) is 16.2 Å². The molecule has 2 nitrogen and oxygen atoms in total. The summed E-state index contributed by atoms with van der Waals surface area (Å²) in [7, 11) is 1.68. The summed E-state index contributed by atoms with van der Waals surface area (Å²) < 4.78 is 6.26. The summed E-state index contributed by atoms with van der Waals surface area (Å²) in [4.78, 5) is 0. The average molecular weight is 320 g/mol. The van der Waals surface area contributed by atoms with Crippen molar-refractivity contribution >= 4 is 21.6 Å². The molecule has 0 saturated carbocycles. The van der Waals surface area contributed by atoms with Crippen molar-refractivity contribution in [3.8, 4) is 5.75 Å². The maximum absolute atomic E-state index is 5.17. The van der Waals surface area contributed by atoms with Gasteiger partial charge in [-0.3, -0.25) is 0 Å². The molecule has 2 aromatic carbocycles. The molecule has 0 radical (unpaired) electrons. The molecule has 0 amide bonds. The normalized spacial score (nSPS) is 12.0. The molecule has 2 rings (SSSR count). The van der Waals surface area contributed by atoms with E-state index in [4.69, 9.17) is 4.74 Å². The Morgan fingerprint density at radius 2 is 1.79 bits per heavy atom. The van der Waals surface area contributed by atoms with Crippen LogP contribution in [-0.2, 0) is 0 Å². The van der Waals surface area contributed by atoms with Gasteiger partial charge in [-0.2, -0.15) is 0 Å². The molecule has 100 valence electrons. The lowest BCUT2D eigenvalue weighted by molar-refractivity contribution is 0.414. The largest absolute Gasteiger partial charge is 0.497 e. The van der Waals surface area contributed by atoms with E-state index in [9.17, 15) is 0 Å². The first kappa shape index (κ1) is 13.9. The van der Waals surface area contributed by atoms with Gasteiger partial charge in [-0.05, 0) is 65.2 Å². The third-order valence-corrected chi connectivity index (χ3v) is 3.80. The van der Waals surface area contributed by atoms with Crippen LogP contribution in [-0.4, -0.2) is 7.11 Å². The molecule has 0 saturated heterocycles. The molecule has 3 heteroatoms. The van der Waals surface area contributed by atoms with Crippen molar-refractivity contribution in [2.45, 2.75) is 19.9 Å². The fourth-order valence-corrected chi connectivity index (χ4v) is 2.32. The molecule has 19 heavy (non-hydrogen) atoms. The van der Waals surface area contributed by atoms with Crippen LogP contribution in [0, 0.1) is 6.92 Å². The third-order valence-electron chi connectivity index (χ3n) is 3.11. The second-order valence-corrected chi connectivity index (χ2v) is 5.48. The van der Waals surface area contributed by atoms with Gasteiger partial charge >= 0.3 is 0 Å². The van der Waals surface area contributed by atoms with Crippen LogP contribution < -0.4 is 10.1 Å². The maximum atomic E-state index is 5.17. The predicted molar refractivity (Wildman–Crippen MR) is 83.9 cm³/mol. The zero-order chi connectivity index (χ0) is 13.8. The zero-order valence-corrected chi connectivity index (χ0v) is 13.0. The van der Waals surface area contributed by atoms with Gasteiger partial charge in [-0.25, -0.2) is 0 Å². The van der Waals surface area contributed by atoms with Gasteiger partial charge in [0.2, 0.25) is 0 Å². The van der Waals surface area contributed by atoms with Gasteiger partial charge in [0.05, 0.1) is 7.11 Å². The van der Waals surface area contributed by atoms with Gasteiger partial charge in [-0.15, -0.1) is 0 Å².